The molecule has 2 aliphatic rings. The van der Waals surface area contributed by atoms with Crippen LogP contribution in [0.15, 0.2) is 128 Å². The maximum Gasteiger partial charge on any atom is 0.255 e. The van der Waals surface area contributed by atoms with Gasteiger partial charge in [0.1, 0.15) is 5.52 Å². The van der Waals surface area contributed by atoms with Crippen molar-refractivity contribution in [2.45, 2.75) is 13.1 Å². The van der Waals surface area contributed by atoms with Gasteiger partial charge >= 0.3 is 0 Å². The number of para-hydroxylation sites is 1. The minimum absolute atomic E-state index is 0.117. The summed E-state index contributed by atoms with van der Waals surface area (Å²) in [5.74, 6) is -0.117. The summed E-state index contributed by atoms with van der Waals surface area (Å²) in [4.78, 5) is 30.6. The number of hydrogen-bond donors (Lipinski definition) is 2. The summed E-state index contributed by atoms with van der Waals surface area (Å²) < 4.78 is 4.49. The van der Waals surface area contributed by atoms with Crippen molar-refractivity contribution in [3.05, 3.63) is 150 Å². The van der Waals surface area contributed by atoms with Gasteiger partial charge in [0.05, 0.1) is 10.7 Å². The van der Waals surface area contributed by atoms with Crippen molar-refractivity contribution in [1.82, 2.24) is 24.4 Å². The Kier molecular flexibility index (Phi) is 9.46. The highest BCUT2D eigenvalue weighted by Crippen LogP contribution is 2.29. The van der Waals surface area contributed by atoms with E-state index < -0.39 is 0 Å². The number of pyridine rings is 2. The first-order chi connectivity index (χ1) is 26.6. The van der Waals surface area contributed by atoms with Crippen molar-refractivity contribution >= 4 is 56.4 Å². The van der Waals surface area contributed by atoms with Crippen molar-refractivity contribution in [2.75, 3.05) is 67.5 Å². The fourth-order valence-corrected chi connectivity index (χ4v) is 8.15. The number of anilines is 3. The van der Waals surface area contributed by atoms with Crippen LogP contribution in [-0.4, -0.2) is 82.7 Å². The van der Waals surface area contributed by atoms with E-state index in [4.69, 9.17) is 11.6 Å². The SMILES string of the molecule is O=C(Nc1ccc2c(c1)cc(CN1CCN(c3ccncc3)CC1)n2-[n+]1ccc(N2CCN(Cc3[nH]c4ccccc4c3Cl)CC2)cc1)c1ccccc1. The number of piperazine rings is 2. The first-order valence-electron chi connectivity index (χ1n) is 18.7. The predicted octanol–water partition coefficient (Wildman–Crippen LogP) is 6.67. The summed E-state index contributed by atoms with van der Waals surface area (Å²) in [6.45, 7) is 9.29. The Morgan fingerprint density at radius 2 is 1.37 bits per heavy atom. The number of halogens is 1. The van der Waals surface area contributed by atoms with Gasteiger partial charge in [0.2, 0.25) is 12.4 Å². The third-order valence-electron chi connectivity index (χ3n) is 10.8. The van der Waals surface area contributed by atoms with Gasteiger partial charge in [-0.2, -0.15) is 0 Å². The van der Waals surface area contributed by atoms with Crippen molar-refractivity contribution < 1.29 is 9.47 Å². The van der Waals surface area contributed by atoms with Crippen LogP contribution in [0.1, 0.15) is 21.7 Å². The summed E-state index contributed by atoms with van der Waals surface area (Å²) in [5.41, 5.74) is 8.30. The van der Waals surface area contributed by atoms with Gasteiger partial charge in [-0.15, -0.1) is 4.68 Å². The topological polar surface area (TPSA) is 79.6 Å². The summed E-state index contributed by atoms with van der Waals surface area (Å²) in [5, 5.41) is 6.09. The number of nitrogens with zero attached hydrogens (tertiary/aromatic N) is 7. The number of carbonyl (C=O) groups is 1. The van der Waals surface area contributed by atoms with E-state index in [1.807, 2.05) is 60.9 Å². The Labute approximate surface area is 319 Å². The molecule has 7 aromatic rings. The zero-order valence-electron chi connectivity index (χ0n) is 30.1. The molecule has 4 aromatic heterocycles. The molecule has 0 aliphatic carbocycles. The van der Waals surface area contributed by atoms with Gasteiger partial charge in [-0.1, -0.05) is 52.7 Å². The van der Waals surface area contributed by atoms with Crippen LogP contribution in [0.3, 0.4) is 0 Å². The molecule has 11 heteroatoms. The Bertz CT molecular complexity index is 2380. The van der Waals surface area contributed by atoms with Crippen molar-refractivity contribution in [3.63, 3.8) is 0 Å². The maximum absolute atomic E-state index is 13.0. The summed E-state index contributed by atoms with van der Waals surface area (Å²) in [6, 6.07) is 34.6. The van der Waals surface area contributed by atoms with Crippen LogP contribution in [-0.2, 0) is 13.1 Å². The Balaban J connectivity index is 0.928. The largest absolute Gasteiger partial charge is 0.369 e. The first-order valence-corrected chi connectivity index (χ1v) is 19.1. The van der Waals surface area contributed by atoms with E-state index in [0.29, 0.717) is 5.56 Å². The molecule has 6 heterocycles. The number of fused-ring (bicyclic) bond motifs is 2. The average molecular weight is 737 g/mol. The van der Waals surface area contributed by atoms with E-state index in [1.54, 1.807) is 0 Å². The second kappa shape index (κ2) is 15.0. The quantitative estimate of drug-likeness (QED) is 0.161. The van der Waals surface area contributed by atoms with E-state index >= 15 is 0 Å². The number of amides is 1. The zero-order chi connectivity index (χ0) is 36.4. The Morgan fingerprint density at radius 3 is 2.07 bits per heavy atom. The van der Waals surface area contributed by atoms with Crippen LogP contribution in [0, 0.1) is 0 Å². The van der Waals surface area contributed by atoms with Gasteiger partial charge < -0.3 is 20.1 Å². The van der Waals surface area contributed by atoms with Crippen LogP contribution in [0.5, 0.6) is 0 Å². The van der Waals surface area contributed by atoms with Crippen molar-refractivity contribution in [2.24, 2.45) is 0 Å². The highest BCUT2D eigenvalue weighted by molar-refractivity contribution is 6.36. The lowest BCUT2D eigenvalue weighted by Gasteiger charge is -2.36. The molecule has 0 atom stereocenters. The number of aromatic amines is 1. The van der Waals surface area contributed by atoms with Gasteiger partial charge in [-0.05, 0) is 54.6 Å². The van der Waals surface area contributed by atoms with Crippen LogP contribution in [0.25, 0.3) is 21.8 Å². The monoisotopic (exact) mass is 736 g/mol. The first kappa shape index (κ1) is 34.1. The molecular weight excluding hydrogens is 694 g/mol. The molecule has 10 nitrogen and oxygen atoms in total. The standard InChI is InChI=1S/C43H42ClN9O/c44-42-38-8-4-5-9-39(38)47-40(42)31-49-22-26-51(27-23-49)36-14-18-52(19-15-36)53-37(30-48-20-24-50(25-21-48)35-12-16-45-17-13-35)29-33-28-34(10-11-41(33)53)46-43(54)32-6-2-1-3-7-32/h1-19,28-29,47H,20-27,30-31H2/p+1. The number of carbonyl (C=O) groups excluding carboxylic acids is 1. The normalized spacial score (nSPS) is 15.6. The van der Waals surface area contributed by atoms with E-state index in [-0.39, 0.29) is 5.91 Å². The van der Waals surface area contributed by atoms with Gasteiger partial charge in [0.15, 0.2) is 0 Å². The van der Waals surface area contributed by atoms with Crippen LogP contribution in [0.4, 0.5) is 17.1 Å². The molecule has 0 bridgehead atoms. The van der Waals surface area contributed by atoms with Gasteiger partial charge in [-0.25, -0.2) is 0 Å². The number of hydrogen-bond acceptors (Lipinski definition) is 6. The van der Waals surface area contributed by atoms with Gasteiger partial charge in [-0.3, -0.25) is 19.6 Å². The highest BCUT2D eigenvalue weighted by atomic mass is 35.5. The van der Waals surface area contributed by atoms with Crippen LogP contribution < -0.4 is 19.8 Å². The summed E-state index contributed by atoms with van der Waals surface area (Å²) >= 11 is 6.74. The number of benzene rings is 3. The van der Waals surface area contributed by atoms with E-state index in [0.717, 1.165) is 104 Å². The molecule has 2 N–H and O–H groups in total. The summed E-state index contributed by atoms with van der Waals surface area (Å²) in [6.07, 6.45) is 8.06. The van der Waals surface area contributed by atoms with Crippen molar-refractivity contribution in [3.8, 4) is 0 Å². The van der Waals surface area contributed by atoms with Gasteiger partial charge in [0, 0.05) is 135 Å². The van der Waals surface area contributed by atoms with Gasteiger partial charge in [0.25, 0.3) is 5.91 Å². The summed E-state index contributed by atoms with van der Waals surface area (Å²) in [7, 11) is 0. The fraction of sp³-hybridized carbons (Fsp3) is 0.233. The second-order valence-electron chi connectivity index (χ2n) is 14.2. The fourth-order valence-electron chi connectivity index (χ4n) is 7.88. The lowest BCUT2D eigenvalue weighted by atomic mass is 10.2. The molecule has 272 valence electrons. The minimum Gasteiger partial charge on any atom is -0.369 e. The lowest BCUT2D eigenvalue weighted by Crippen LogP contribution is -2.48. The maximum atomic E-state index is 13.0. The molecule has 2 fully saturated rings. The highest BCUT2D eigenvalue weighted by Gasteiger charge is 2.24. The third-order valence-corrected chi connectivity index (χ3v) is 11.2. The molecule has 2 saturated heterocycles. The molecule has 0 unspecified atom stereocenters. The zero-order valence-corrected chi connectivity index (χ0v) is 30.9. The average Bonchev–Trinajstić information content (AvgIpc) is 3.74. The lowest BCUT2D eigenvalue weighted by molar-refractivity contribution is -0.725. The molecule has 0 radical (unpaired) electrons. The Morgan fingerprint density at radius 1 is 0.722 bits per heavy atom. The number of H-pyrrole nitrogens is 1. The predicted molar refractivity (Wildman–Crippen MR) is 216 cm³/mol. The minimum atomic E-state index is -0.117. The molecule has 54 heavy (non-hydrogen) atoms. The molecular formula is C43H43ClN9O+. The second-order valence-corrected chi connectivity index (χ2v) is 14.6. The molecule has 0 saturated carbocycles. The van der Waals surface area contributed by atoms with E-state index in [2.05, 4.69) is 111 Å². The van der Waals surface area contributed by atoms with Crippen LogP contribution >= 0.6 is 11.6 Å². The number of rotatable bonds is 9. The number of nitrogens with one attached hydrogen (secondary N) is 2. The van der Waals surface area contributed by atoms with Crippen LogP contribution in [0.2, 0.25) is 5.02 Å². The smallest absolute Gasteiger partial charge is 0.255 e. The van der Waals surface area contributed by atoms with E-state index in [1.165, 1.54) is 17.1 Å². The third kappa shape index (κ3) is 7.03. The molecule has 1 amide bonds. The number of aromatic nitrogens is 4. The molecule has 0 spiro atoms. The molecule has 3 aromatic carbocycles. The Hall–Kier alpha value is -5.68. The molecule has 9 rings (SSSR count). The van der Waals surface area contributed by atoms with Crippen molar-refractivity contribution in [1.29, 1.82) is 0 Å². The molecule has 2 aliphatic heterocycles. The van der Waals surface area contributed by atoms with E-state index in [9.17, 15) is 4.79 Å².